The van der Waals surface area contributed by atoms with Crippen LogP contribution in [0.15, 0.2) is 12.7 Å². The Balaban J connectivity index is 2.72. The van der Waals surface area contributed by atoms with E-state index in [2.05, 4.69) is 11.9 Å². The van der Waals surface area contributed by atoms with Crippen molar-refractivity contribution in [2.75, 3.05) is 6.61 Å². The van der Waals surface area contributed by atoms with Gasteiger partial charge in [-0.3, -0.25) is 4.79 Å². The number of ether oxygens (including phenoxy) is 1. The van der Waals surface area contributed by atoms with Crippen LogP contribution >= 0.6 is 0 Å². The van der Waals surface area contributed by atoms with Crippen molar-refractivity contribution in [2.45, 2.75) is 44.2 Å². The number of rotatable bonds is 4. The topological polar surface area (TPSA) is 58.6 Å². The highest BCUT2D eigenvalue weighted by Crippen LogP contribution is 2.29. The summed E-state index contributed by atoms with van der Waals surface area (Å²) in [5.74, 6) is -1.15. The number of alkyl halides is 3. The monoisotopic (exact) mass is 281 g/mol. The van der Waals surface area contributed by atoms with Crippen molar-refractivity contribution in [1.29, 1.82) is 0 Å². The minimum Gasteiger partial charge on any atom is -0.382 e. The predicted octanol–water partition coefficient (Wildman–Crippen LogP) is 1.40. The van der Waals surface area contributed by atoms with Crippen LogP contribution in [0.2, 0.25) is 0 Å². The van der Waals surface area contributed by atoms with Crippen molar-refractivity contribution in [3.8, 4) is 0 Å². The number of aliphatic hydroxyl groups is 1. The zero-order chi connectivity index (χ0) is 14.8. The number of hydrogen-bond acceptors (Lipinski definition) is 3. The lowest BCUT2D eigenvalue weighted by Crippen LogP contribution is -2.59. The first kappa shape index (κ1) is 16.0. The molecule has 0 aromatic carbocycles. The quantitative estimate of drug-likeness (QED) is 0.766. The second-order valence-electron chi connectivity index (χ2n) is 5.12. The maximum Gasteiger partial charge on any atom is 0.416 e. The first-order chi connectivity index (χ1) is 8.59. The lowest BCUT2D eigenvalue weighted by molar-refractivity contribution is -0.223. The Hall–Kier alpha value is -1.08. The fourth-order valence-corrected chi connectivity index (χ4v) is 2.01. The molecule has 110 valence electrons. The van der Waals surface area contributed by atoms with Crippen LogP contribution in [0.25, 0.3) is 0 Å². The van der Waals surface area contributed by atoms with E-state index >= 15 is 0 Å². The van der Waals surface area contributed by atoms with Gasteiger partial charge in [0.25, 0.3) is 0 Å². The maximum absolute atomic E-state index is 12.5. The highest BCUT2D eigenvalue weighted by atomic mass is 19.4. The van der Waals surface area contributed by atoms with Crippen molar-refractivity contribution in [3.05, 3.63) is 12.7 Å². The molecule has 1 rings (SSSR count). The van der Waals surface area contributed by atoms with E-state index in [0.29, 0.717) is 13.0 Å². The molecule has 1 unspecified atom stereocenters. The maximum atomic E-state index is 12.5. The SMILES string of the molecule is C=C[C@@H]1OCC[C@H]1C(=O)NC(C)(C)C(O)C(F)(F)F. The molecule has 2 N–H and O–H groups in total. The normalized spacial score (nSPS) is 26.0. The molecular formula is C12H18F3NO3. The highest BCUT2D eigenvalue weighted by Gasteiger charge is 2.49. The third-order valence-corrected chi connectivity index (χ3v) is 3.14. The number of halogens is 3. The van der Waals surface area contributed by atoms with Crippen LogP contribution in [0.5, 0.6) is 0 Å². The average molecular weight is 281 g/mol. The molecule has 7 heteroatoms. The molecule has 0 aromatic rings. The van der Waals surface area contributed by atoms with E-state index in [4.69, 9.17) is 4.74 Å². The first-order valence-electron chi connectivity index (χ1n) is 5.90. The van der Waals surface area contributed by atoms with Gasteiger partial charge in [0, 0.05) is 6.61 Å². The van der Waals surface area contributed by atoms with Crippen molar-refractivity contribution in [3.63, 3.8) is 0 Å². The Bertz CT molecular complexity index is 355. The summed E-state index contributed by atoms with van der Waals surface area (Å²) >= 11 is 0. The second kappa shape index (κ2) is 5.50. The van der Waals surface area contributed by atoms with Gasteiger partial charge in [0.2, 0.25) is 5.91 Å². The summed E-state index contributed by atoms with van der Waals surface area (Å²) in [6.45, 7) is 6.12. The summed E-state index contributed by atoms with van der Waals surface area (Å²) in [4.78, 5) is 11.9. The Morgan fingerprint density at radius 1 is 1.53 bits per heavy atom. The fraction of sp³-hybridized carbons (Fsp3) is 0.750. The number of aliphatic hydroxyl groups excluding tert-OH is 1. The second-order valence-corrected chi connectivity index (χ2v) is 5.12. The molecule has 3 atom stereocenters. The number of hydrogen-bond donors (Lipinski definition) is 2. The Morgan fingerprint density at radius 2 is 2.11 bits per heavy atom. The number of amides is 1. The van der Waals surface area contributed by atoms with Crippen molar-refractivity contribution in [2.24, 2.45) is 5.92 Å². The van der Waals surface area contributed by atoms with E-state index in [9.17, 15) is 23.1 Å². The molecule has 0 radical (unpaired) electrons. The molecule has 1 heterocycles. The van der Waals surface area contributed by atoms with Gasteiger partial charge in [-0.1, -0.05) is 6.08 Å². The van der Waals surface area contributed by atoms with Crippen LogP contribution in [0.1, 0.15) is 20.3 Å². The van der Waals surface area contributed by atoms with Gasteiger partial charge in [-0.25, -0.2) is 0 Å². The van der Waals surface area contributed by atoms with Crippen LogP contribution in [0.4, 0.5) is 13.2 Å². The molecule has 0 spiro atoms. The van der Waals surface area contributed by atoms with Gasteiger partial charge in [-0.15, -0.1) is 6.58 Å². The van der Waals surface area contributed by atoms with Gasteiger partial charge >= 0.3 is 6.18 Å². The molecule has 0 bridgehead atoms. The van der Waals surface area contributed by atoms with Crippen molar-refractivity contribution < 1.29 is 27.8 Å². The molecule has 4 nitrogen and oxygen atoms in total. The summed E-state index contributed by atoms with van der Waals surface area (Å²) in [6, 6.07) is 0. The van der Waals surface area contributed by atoms with E-state index < -0.39 is 35.7 Å². The predicted molar refractivity (Wildman–Crippen MR) is 62.3 cm³/mol. The third-order valence-electron chi connectivity index (χ3n) is 3.14. The van der Waals surface area contributed by atoms with E-state index in [0.717, 1.165) is 13.8 Å². The molecule has 0 saturated carbocycles. The standard InChI is InChI=1S/C12H18F3NO3/c1-4-8-7(5-6-19-8)9(17)16-11(2,3)10(18)12(13,14)15/h4,7-8,10,18H,1,5-6H2,2-3H3,(H,16,17)/t7-,8+,10?/m1/s1. The smallest absolute Gasteiger partial charge is 0.382 e. The summed E-state index contributed by atoms with van der Waals surface area (Å²) < 4.78 is 42.6. The zero-order valence-corrected chi connectivity index (χ0v) is 10.8. The first-order valence-corrected chi connectivity index (χ1v) is 5.90. The molecule has 1 fully saturated rings. The molecule has 0 aromatic heterocycles. The number of carbonyl (C=O) groups is 1. The Morgan fingerprint density at radius 3 is 2.58 bits per heavy atom. The van der Waals surface area contributed by atoms with Crippen LogP contribution in [-0.2, 0) is 9.53 Å². The van der Waals surface area contributed by atoms with Crippen LogP contribution < -0.4 is 5.32 Å². The van der Waals surface area contributed by atoms with Gasteiger partial charge < -0.3 is 15.2 Å². The van der Waals surface area contributed by atoms with Gasteiger partial charge in [-0.2, -0.15) is 13.2 Å². The molecule has 19 heavy (non-hydrogen) atoms. The highest BCUT2D eigenvalue weighted by molar-refractivity contribution is 5.80. The van der Waals surface area contributed by atoms with Gasteiger partial charge in [-0.05, 0) is 20.3 Å². The van der Waals surface area contributed by atoms with Crippen molar-refractivity contribution in [1.82, 2.24) is 5.32 Å². The van der Waals surface area contributed by atoms with Crippen LogP contribution in [-0.4, -0.2) is 41.5 Å². The summed E-state index contributed by atoms with van der Waals surface area (Å²) in [7, 11) is 0. The molecule has 1 amide bonds. The Labute approximate surface area is 109 Å². The Kier molecular flexibility index (Phi) is 4.63. The molecule has 1 aliphatic heterocycles. The van der Waals surface area contributed by atoms with E-state index in [1.165, 1.54) is 6.08 Å². The van der Waals surface area contributed by atoms with Gasteiger partial charge in [0.05, 0.1) is 17.6 Å². The van der Waals surface area contributed by atoms with Crippen LogP contribution in [0, 0.1) is 5.92 Å². The summed E-state index contributed by atoms with van der Waals surface area (Å²) in [5.41, 5.74) is -1.80. The zero-order valence-electron chi connectivity index (χ0n) is 10.8. The lowest BCUT2D eigenvalue weighted by atomic mass is 9.93. The van der Waals surface area contributed by atoms with Crippen molar-refractivity contribution >= 4 is 5.91 Å². The molecule has 1 aliphatic rings. The largest absolute Gasteiger partial charge is 0.416 e. The van der Waals surface area contributed by atoms with Gasteiger partial charge in [0.15, 0.2) is 6.10 Å². The average Bonchev–Trinajstić information content (AvgIpc) is 2.74. The molecule has 1 saturated heterocycles. The van der Waals surface area contributed by atoms with E-state index in [-0.39, 0.29) is 0 Å². The van der Waals surface area contributed by atoms with Gasteiger partial charge in [0.1, 0.15) is 0 Å². The minimum absolute atomic E-state index is 0.358. The lowest BCUT2D eigenvalue weighted by Gasteiger charge is -2.34. The summed E-state index contributed by atoms with van der Waals surface area (Å²) in [6.07, 6.45) is -6.06. The number of nitrogens with one attached hydrogen (secondary N) is 1. The fourth-order valence-electron chi connectivity index (χ4n) is 2.01. The summed E-state index contributed by atoms with van der Waals surface area (Å²) in [5, 5.41) is 11.5. The molecular weight excluding hydrogens is 263 g/mol. The minimum atomic E-state index is -4.79. The van der Waals surface area contributed by atoms with Crippen LogP contribution in [0.3, 0.4) is 0 Å². The third kappa shape index (κ3) is 3.70. The molecule has 0 aliphatic carbocycles. The van der Waals surface area contributed by atoms with E-state index in [1.807, 2.05) is 0 Å². The van der Waals surface area contributed by atoms with E-state index in [1.54, 1.807) is 0 Å². The number of carbonyl (C=O) groups excluding carboxylic acids is 1.